The first-order valence-electron chi connectivity index (χ1n) is 8.38. The van der Waals surface area contributed by atoms with Gasteiger partial charge in [-0.1, -0.05) is 60.7 Å². The third-order valence-corrected chi connectivity index (χ3v) is 4.32. The Morgan fingerprint density at radius 3 is 2.48 bits per heavy atom. The van der Waals surface area contributed by atoms with Gasteiger partial charge in [0.2, 0.25) is 0 Å². The zero-order chi connectivity index (χ0) is 16.0. The topological polar surface area (TPSA) is 30.5 Å². The Morgan fingerprint density at radius 2 is 1.74 bits per heavy atom. The maximum absolute atomic E-state index is 6.25. The Kier molecular flexibility index (Phi) is 5.44. The van der Waals surface area contributed by atoms with Crippen molar-refractivity contribution >= 4 is 0 Å². The van der Waals surface area contributed by atoms with E-state index in [1.807, 2.05) is 31.2 Å². The van der Waals surface area contributed by atoms with Crippen molar-refractivity contribution in [1.82, 2.24) is 5.32 Å². The van der Waals surface area contributed by atoms with Crippen LogP contribution in [-0.2, 0) is 21.8 Å². The largest absolute Gasteiger partial charge is 0.346 e. The van der Waals surface area contributed by atoms with Gasteiger partial charge in [-0.2, -0.15) is 0 Å². The van der Waals surface area contributed by atoms with Crippen LogP contribution in [0, 0.1) is 0 Å². The lowest BCUT2D eigenvalue weighted by Gasteiger charge is -2.39. The van der Waals surface area contributed by atoms with Crippen molar-refractivity contribution in [2.75, 3.05) is 13.2 Å². The fraction of sp³-hybridized carbons (Fsp3) is 0.400. The zero-order valence-electron chi connectivity index (χ0n) is 13.7. The molecule has 23 heavy (non-hydrogen) atoms. The fourth-order valence-corrected chi connectivity index (χ4v) is 2.98. The normalized spacial score (nSPS) is 24.5. The second kappa shape index (κ2) is 7.73. The van der Waals surface area contributed by atoms with Gasteiger partial charge in [0.25, 0.3) is 0 Å². The first-order valence-corrected chi connectivity index (χ1v) is 8.38. The summed E-state index contributed by atoms with van der Waals surface area (Å²) in [6, 6.07) is 20.7. The SMILES string of the molecule is C[C@@]1(c2ccccc2)OCC[C@@H](CCNCc2ccccc2)O1. The van der Waals surface area contributed by atoms with Crippen LogP contribution in [-0.4, -0.2) is 19.3 Å². The Hall–Kier alpha value is -1.68. The Balaban J connectivity index is 1.47. The lowest BCUT2D eigenvalue weighted by molar-refractivity contribution is -0.293. The van der Waals surface area contributed by atoms with Gasteiger partial charge in [0.15, 0.2) is 5.79 Å². The van der Waals surface area contributed by atoms with E-state index in [1.54, 1.807) is 0 Å². The minimum Gasteiger partial charge on any atom is -0.346 e. The lowest BCUT2D eigenvalue weighted by Crippen LogP contribution is -2.41. The van der Waals surface area contributed by atoms with Gasteiger partial charge in [0.05, 0.1) is 12.7 Å². The summed E-state index contributed by atoms with van der Waals surface area (Å²) in [5.74, 6) is -0.621. The summed E-state index contributed by atoms with van der Waals surface area (Å²) in [6.45, 7) is 4.62. The molecule has 1 heterocycles. The summed E-state index contributed by atoms with van der Waals surface area (Å²) in [5, 5.41) is 3.50. The predicted octanol–water partition coefficient (Wildman–Crippen LogP) is 3.84. The van der Waals surface area contributed by atoms with Crippen LogP contribution >= 0.6 is 0 Å². The molecule has 0 amide bonds. The van der Waals surface area contributed by atoms with Gasteiger partial charge in [-0.3, -0.25) is 0 Å². The van der Waals surface area contributed by atoms with E-state index in [2.05, 4.69) is 41.7 Å². The molecule has 0 bridgehead atoms. The van der Waals surface area contributed by atoms with E-state index in [0.29, 0.717) is 0 Å². The van der Waals surface area contributed by atoms with Gasteiger partial charge in [-0.05, 0) is 31.9 Å². The molecule has 2 aromatic rings. The highest BCUT2D eigenvalue weighted by Gasteiger charge is 2.35. The van der Waals surface area contributed by atoms with E-state index in [-0.39, 0.29) is 6.10 Å². The van der Waals surface area contributed by atoms with Crippen molar-refractivity contribution < 1.29 is 9.47 Å². The average Bonchev–Trinajstić information content (AvgIpc) is 2.61. The highest BCUT2D eigenvalue weighted by molar-refractivity contribution is 5.20. The first-order chi connectivity index (χ1) is 11.3. The van der Waals surface area contributed by atoms with Crippen LogP contribution in [0.3, 0.4) is 0 Å². The van der Waals surface area contributed by atoms with Gasteiger partial charge in [-0.25, -0.2) is 0 Å². The van der Waals surface area contributed by atoms with Gasteiger partial charge in [0, 0.05) is 12.1 Å². The molecule has 1 saturated heterocycles. The summed E-state index contributed by atoms with van der Waals surface area (Å²) in [4.78, 5) is 0. The number of nitrogens with one attached hydrogen (secondary N) is 1. The molecule has 1 aliphatic heterocycles. The zero-order valence-corrected chi connectivity index (χ0v) is 13.7. The number of hydrogen-bond donors (Lipinski definition) is 1. The summed E-state index contributed by atoms with van der Waals surface area (Å²) in [6.07, 6.45) is 2.19. The number of benzene rings is 2. The molecule has 0 saturated carbocycles. The van der Waals surface area contributed by atoms with Crippen LogP contribution in [0.15, 0.2) is 60.7 Å². The maximum atomic E-state index is 6.25. The van der Waals surface area contributed by atoms with E-state index < -0.39 is 5.79 Å². The molecule has 0 unspecified atom stereocenters. The molecule has 1 fully saturated rings. The molecular weight excluding hydrogens is 286 g/mol. The molecule has 0 aromatic heterocycles. The molecule has 3 rings (SSSR count). The Labute approximate surface area is 138 Å². The Morgan fingerprint density at radius 1 is 1.04 bits per heavy atom. The minimum absolute atomic E-state index is 0.234. The second-order valence-corrected chi connectivity index (χ2v) is 6.14. The molecule has 3 heteroatoms. The highest BCUT2D eigenvalue weighted by Crippen LogP contribution is 2.33. The smallest absolute Gasteiger partial charge is 0.192 e. The van der Waals surface area contributed by atoms with Crippen molar-refractivity contribution in [3.8, 4) is 0 Å². The summed E-state index contributed by atoms with van der Waals surface area (Å²) >= 11 is 0. The number of hydrogen-bond acceptors (Lipinski definition) is 3. The van der Waals surface area contributed by atoms with Crippen molar-refractivity contribution in [3.05, 3.63) is 71.8 Å². The van der Waals surface area contributed by atoms with Gasteiger partial charge in [-0.15, -0.1) is 0 Å². The molecule has 122 valence electrons. The second-order valence-electron chi connectivity index (χ2n) is 6.14. The van der Waals surface area contributed by atoms with Gasteiger partial charge < -0.3 is 14.8 Å². The van der Waals surface area contributed by atoms with Gasteiger partial charge >= 0.3 is 0 Å². The van der Waals surface area contributed by atoms with Crippen LogP contribution in [0.1, 0.15) is 30.9 Å². The van der Waals surface area contributed by atoms with E-state index >= 15 is 0 Å². The van der Waals surface area contributed by atoms with Crippen molar-refractivity contribution in [2.45, 2.75) is 38.2 Å². The molecule has 1 aliphatic rings. The maximum Gasteiger partial charge on any atom is 0.192 e. The average molecular weight is 311 g/mol. The molecule has 0 radical (unpaired) electrons. The molecule has 1 N–H and O–H groups in total. The van der Waals surface area contributed by atoms with Crippen molar-refractivity contribution in [2.24, 2.45) is 0 Å². The highest BCUT2D eigenvalue weighted by atomic mass is 16.7. The van der Waals surface area contributed by atoms with E-state index in [0.717, 1.165) is 38.1 Å². The quantitative estimate of drug-likeness (QED) is 0.822. The first kappa shape index (κ1) is 16.2. The Bertz CT molecular complexity index is 587. The van der Waals surface area contributed by atoms with Crippen molar-refractivity contribution in [3.63, 3.8) is 0 Å². The molecule has 0 aliphatic carbocycles. The molecule has 2 atom stereocenters. The van der Waals surface area contributed by atoms with E-state index in [1.165, 1.54) is 5.56 Å². The summed E-state index contributed by atoms with van der Waals surface area (Å²) in [7, 11) is 0. The third kappa shape index (κ3) is 4.41. The predicted molar refractivity (Wildman–Crippen MR) is 92.0 cm³/mol. The van der Waals surface area contributed by atoms with Crippen LogP contribution < -0.4 is 5.32 Å². The fourth-order valence-electron chi connectivity index (χ4n) is 2.98. The van der Waals surface area contributed by atoms with E-state index in [4.69, 9.17) is 9.47 Å². The van der Waals surface area contributed by atoms with Crippen LogP contribution in [0.25, 0.3) is 0 Å². The van der Waals surface area contributed by atoms with E-state index in [9.17, 15) is 0 Å². The van der Waals surface area contributed by atoms with Crippen LogP contribution in [0.4, 0.5) is 0 Å². The monoisotopic (exact) mass is 311 g/mol. The number of rotatable bonds is 6. The van der Waals surface area contributed by atoms with Crippen molar-refractivity contribution in [1.29, 1.82) is 0 Å². The standard InChI is InChI=1S/C20H25NO2/c1-20(18-10-6-3-7-11-18)22-15-13-19(23-20)12-14-21-16-17-8-4-2-5-9-17/h2-11,19,21H,12-16H2,1H3/t19-,20-/m1/s1. The summed E-state index contributed by atoms with van der Waals surface area (Å²) in [5.41, 5.74) is 2.40. The van der Waals surface area contributed by atoms with Gasteiger partial charge in [0.1, 0.15) is 0 Å². The molecule has 2 aromatic carbocycles. The lowest BCUT2D eigenvalue weighted by atomic mass is 10.0. The molecule has 3 nitrogen and oxygen atoms in total. The minimum atomic E-state index is -0.621. The van der Waals surface area contributed by atoms with Crippen LogP contribution in [0.2, 0.25) is 0 Å². The van der Waals surface area contributed by atoms with Crippen LogP contribution in [0.5, 0.6) is 0 Å². The molecular formula is C20H25NO2. The number of ether oxygens (including phenoxy) is 2. The molecule has 0 spiro atoms. The third-order valence-electron chi connectivity index (χ3n) is 4.32. The summed E-state index contributed by atoms with van der Waals surface area (Å²) < 4.78 is 12.2.